The molecule has 0 heterocycles. The number of ether oxygens (including phenoxy) is 1. The summed E-state index contributed by atoms with van der Waals surface area (Å²) >= 11 is 0. The van der Waals surface area contributed by atoms with Crippen molar-refractivity contribution in [1.29, 1.82) is 0 Å². The number of hydrogen-bond acceptors (Lipinski definition) is 2. The molecule has 2 unspecified atom stereocenters. The van der Waals surface area contributed by atoms with Crippen LogP contribution < -0.4 is 5.32 Å². The van der Waals surface area contributed by atoms with Gasteiger partial charge in [0.1, 0.15) is 0 Å². The lowest BCUT2D eigenvalue weighted by molar-refractivity contribution is -0.151. The summed E-state index contributed by atoms with van der Waals surface area (Å²) in [7, 11) is 2.13. The first kappa shape index (κ1) is 15.3. The molecule has 0 aromatic heterocycles. The van der Waals surface area contributed by atoms with Crippen LogP contribution in [0.25, 0.3) is 0 Å². The SMILES string of the molecule is CCCCCCCOC1CC(NC)C12CCCCC2. The third kappa shape index (κ3) is 3.52. The minimum absolute atomic E-state index is 0.496. The standard InChI is InChI=1S/C17H33NO/c1-3-4-5-6-10-13-19-16-14-15(18-2)17(16)11-8-7-9-12-17/h15-16,18H,3-14H2,1-2H3. The van der Waals surface area contributed by atoms with E-state index in [0.717, 1.165) is 12.6 Å². The van der Waals surface area contributed by atoms with Crippen LogP contribution >= 0.6 is 0 Å². The highest BCUT2D eigenvalue weighted by atomic mass is 16.5. The molecule has 1 spiro atoms. The van der Waals surface area contributed by atoms with E-state index in [0.29, 0.717) is 11.5 Å². The van der Waals surface area contributed by atoms with Gasteiger partial charge in [-0.2, -0.15) is 0 Å². The summed E-state index contributed by atoms with van der Waals surface area (Å²) in [5.74, 6) is 0. The van der Waals surface area contributed by atoms with Crippen LogP contribution in [0.15, 0.2) is 0 Å². The number of rotatable bonds is 8. The molecule has 0 bridgehead atoms. The largest absolute Gasteiger partial charge is 0.378 e. The third-order valence-electron chi connectivity index (χ3n) is 5.48. The van der Waals surface area contributed by atoms with Crippen molar-refractivity contribution in [2.45, 2.75) is 89.7 Å². The van der Waals surface area contributed by atoms with Gasteiger partial charge >= 0.3 is 0 Å². The van der Waals surface area contributed by atoms with E-state index in [1.165, 1.54) is 70.6 Å². The number of hydrogen-bond donors (Lipinski definition) is 1. The zero-order chi connectivity index (χ0) is 13.6. The number of unbranched alkanes of at least 4 members (excludes halogenated alkanes) is 4. The van der Waals surface area contributed by atoms with Gasteiger partial charge in [0.25, 0.3) is 0 Å². The summed E-state index contributed by atoms with van der Waals surface area (Å²) in [6, 6.07) is 0.720. The highest BCUT2D eigenvalue weighted by molar-refractivity contribution is 5.08. The molecule has 0 saturated heterocycles. The second-order valence-electron chi connectivity index (χ2n) is 6.64. The van der Waals surface area contributed by atoms with Crippen LogP contribution in [-0.4, -0.2) is 25.8 Å². The van der Waals surface area contributed by atoms with Crippen LogP contribution in [-0.2, 0) is 4.74 Å². The Balaban J connectivity index is 1.68. The average molecular weight is 267 g/mol. The monoisotopic (exact) mass is 267 g/mol. The fraction of sp³-hybridized carbons (Fsp3) is 1.00. The third-order valence-corrected chi connectivity index (χ3v) is 5.48. The van der Waals surface area contributed by atoms with E-state index in [1.54, 1.807) is 0 Å². The van der Waals surface area contributed by atoms with E-state index >= 15 is 0 Å². The summed E-state index contributed by atoms with van der Waals surface area (Å²) < 4.78 is 6.24. The molecule has 2 rings (SSSR count). The minimum atomic E-state index is 0.496. The van der Waals surface area contributed by atoms with Crippen LogP contribution in [0.2, 0.25) is 0 Å². The summed E-state index contributed by atoms with van der Waals surface area (Å²) in [5, 5.41) is 3.53. The van der Waals surface area contributed by atoms with Gasteiger partial charge in [-0.15, -0.1) is 0 Å². The lowest BCUT2D eigenvalue weighted by Gasteiger charge is -2.57. The van der Waals surface area contributed by atoms with Crippen molar-refractivity contribution in [3.8, 4) is 0 Å². The first-order valence-corrected chi connectivity index (χ1v) is 8.62. The van der Waals surface area contributed by atoms with Gasteiger partial charge in [-0.25, -0.2) is 0 Å². The van der Waals surface area contributed by atoms with E-state index in [1.807, 2.05) is 0 Å². The molecule has 1 N–H and O–H groups in total. The lowest BCUT2D eigenvalue weighted by atomic mass is 9.55. The molecule has 0 aromatic carbocycles. The molecule has 19 heavy (non-hydrogen) atoms. The van der Waals surface area contributed by atoms with Gasteiger partial charge in [0.15, 0.2) is 0 Å². The summed E-state index contributed by atoms with van der Waals surface area (Å²) in [5.41, 5.74) is 0.496. The second kappa shape index (κ2) is 7.64. The maximum absolute atomic E-state index is 6.24. The molecule has 0 radical (unpaired) electrons. The molecule has 2 atom stereocenters. The summed E-state index contributed by atoms with van der Waals surface area (Å²) in [6.07, 6.45) is 15.5. The van der Waals surface area contributed by atoms with Crippen molar-refractivity contribution >= 4 is 0 Å². The molecule has 2 nitrogen and oxygen atoms in total. The molecule has 2 aliphatic carbocycles. The van der Waals surface area contributed by atoms with Crippen molar-refractivity contribution in [2.24, 2.45) is 5.41 Å². The van der Waals surface area contributed by atoms with Crippen LogP contribution in [0.1, 0.15) is 77.6 Å². The summed E-state index contributed by atoms with van der Waals surface area (Å²) in [6.45, 7) is 3.27. The Morgan fingerprint density at radius 2 is 1.79 bits per heavy atom. The van der Waals surface area contributed by atoms with E-state index in [2.05, 4.69) is 19.3 Å². The van der Waals surface area contributed by atoms with Gasteiger partial charge in [0, 0.05) is 18.1 Å². The van der Waals surface area contributed by atoms with Gasteiger partial charge in [-0.1, -0.05) is 51.9 Å². The second-order valence-corrected chi connectivity index (χ2v) is 6.64. The van der Waals surface area contributed by atoms with Gasteiger partial charge in [0.05, 0.1) is 6.10 Å². The fourth-order valence-corrected chi connectivity index (χ4v) is 4.20. The Morgan fingerprint density at radius 3 is 2.47 bits per heavy atom. The minimum Gasteiger partial charge on any atom is -0.378 e. The van der Waals surface area contributed by atoms with E-state index < -0.39 is 0 Å². The highest BCUT2D eigenvalue weighted by Gasteiger charge is 2.54. The number of nitrogens with one attached hydrogen (secondary N) is 1. The molecule has 2 fully saturated rings. The van der Waals surface area contributed by atoms with Crippen LogP contribution in [0.3, 0.4) is 0 Å². The summed E-state index contributed by atoms with van der Waals surface area (Å²) in [4.78, 5) is 0. The normalized spacial score (nSPS) is 29.4. The lowest BCUT2D eigenvalue weighted by Crippen LogP contribution is -2.63. The zero-order valence-corrected chi connectivity index (χ0v) is 13.0. The van der Waals surface area contributed by atoms with Gasteiger partial charge in [-0.05, 0) is 32.7 Å². The van der Waals surface area contributed by atoms with Crippen molar-refractivity contribution in [3.63, 3.8) is 0 Å². The fourth-order valence-electron chi connectivity index (χ4n) is 4.20. The average Bonchev–Trinajstić information content (AvgIpc) is 2.46. The molecule has 2 heteroatoms. The maximum Gasteiger partial charge on any atom is 0.0661 e. The predicted octanol–water partition coefficient (Wildman–Crippen LogP) is 4.28. The van der Waals surface area contributed by atoms with Crippen LogP contribution in [0, 0.1) is 5.41 Å². The topological polar surface area (TPSA) is 21.3 Å². The Morgan fingerprint density at radius 1 is 1.05 bits per heavy atom. The highest BCUT2D eigenvalue weighted by Crippen LogP contribution is 2.53. The molecule has 2 aliphatic rings. The quantitative estimate of drug-likeness (QED) is 0.663. The Labute approximate surface area is 119 Å². The molecule has 0 aromatic rings. The van der Waals surface area contributed by atoms with Gasteiger partial charge in [-0.3, -0.25) is 0 Å². The van der Waals surface area contributed by atoms with E-state index in [9.17, 15) is 0 Å². The first-order valence-electron chi connectivity index (χ1n) is 8.62. The zero-order valence-electron chi connectivity index (χ0n) is 13.0. The van der Waals surface area contributed by atoms with Crippen LogP contribution in [0.4, 0.5) is 0 Å². The Hall–Kier alpha value is -0.0800. The molecular formula is C17H33NO. The molecule has 112 valence electrons. The van der Waals surface area contributed by atoms with Gasteiger partial charge < -0.3 is 10.1 Å². The molecule has 2 saturated carbocycles. The molecule has 0 amide bonds. The van der Waals surface area contributed by atoms with Crippen molar-refractivity contribution in [3.05, 3.63) is 0 Å². The van der Waals surface area contributed by atoms with Crippen molar-refractivity contribution in [1.82, 2.24) is 5.32 Å². The van der Waals surface area contributed by atoms with E-state index in [-0.39, 0.29) is 0 Å². The van der Waals surface area contributed by atoms with Crippen molar-refractivity contribution in [2.75, 3.05) is 13.7 Å². The smallest absolute Gasteiger partial charge is 0.0661 e. The molecule has 0 aliphatic heterocycles. The first-order chi connectivity index (χ1) is 9.33. The predicted molar refractivity (Wildman–Crippen MR) is 81.5 cm³/mol. The maximum atomic E-state index is 6.24. The Bertz CT molecular complexity index is 248. The molecular weight excluding hydrogens is 234 g/mol. The van der Waals surface area contributed by atoms with Crippen molar-refractivity contribution < 1.29 is 4.74 Å². The van der Waals surface area contributed by atoms with Crippen LogP contribution in [0.5, 0.6) is 0 Å². The Kier molecular flexibility index (Phi) is 6.15. The van der Waals surface area contributed by atoms with Gasteiger partial charge in [0.2, 0.25) is 0 Å². The van der Waals surface area contributed by atoms with E-state index in [4.69, 9.17) is 4.74 Å².